The third-order valence-electron chi connectivity index (χ3n) is 6.81. The zero-order chi connectivity index (χ0) is 27.9. The zero-order valence-corrected chi connectivity index (χ0v) is 22.2. The molecule has 0 saturated carbocycles. The first-order valence-corrected chi connectivity index (χ1v) is 13.2. The summed E-state index contributed by atoms with van der Waals surface area (Å²) in [6.45, 7) is 2.59. The number of fused-ring (bicyclic) bond motifs is 1. The molecule has 1 atom stereocenters. The maximum absolute atomic E-state index is 13.4. The Kier molecular flexibility index (Phi) is 8.67. The van der Waals surface area contributed by atoms with Gasteiger partial charge in [-0.05, 0) is 50.1 Å². The largest absolute Gasteiger partial charge is 0.493 e. The van der Waals surface area contributed by atoms with Gasteiger partial charge < -0.3 is 25.2 Å². The lowest BCUT2D eigenvalue weighted by atomic mass is 10.2. The Hall–Kier alpha value is -4.29. The fraction of sp³-hybridized carbons (Fsp3) is 0.357. The number of methoxy groups -OCH3 is 1. The van der Waals surface area contributed by atoms with Crippen molar-refractivity contribution in [1.82, 2.24) is 25.1 Å². The van der Waals surface area contributed by atoms with Crippen LogP contribution >= 0.6 is 0 Å². The highest BCUT2D eigenvalue weighted by Gasteiger charge is 2.23. The lowest BCUT2D eigenvalue weighted by Crippen LogP contribution is -2.33. The number of likely N-dealkylation sites (tertiary alicyclic amines) is 1. The number of aliphatic hydroxyl groups excluding tert-OH is 1. The summed E-state index contributed by atoms with van der Waals surface area (Å²) in [4.78, 5) is 23.4. The van der Waals surface area contributed by atoms with E-state index in [-0.39, 0.29) is 25.0 Å². The number of aromatic nitrogens is 4. The molecule has 4 N–H and O–H groups in total. The number of rotatable bonds is 12. The molecule has 210 valence electrons. The average Bonchev–Trinajstić information content (AvgIpc) is 3.59. The molecule has 1 aliphatic heterocycles. The third-order valence-corrected chi connectivity index (χ3v) is 6.81. The summed E-state index contributed by atoms with van der Waals surface area (Å²) in [5.41, 5.74) is 1.62. The molecule has 0 spiro atoms. The number of nitrogens with zero attached hydrogens (tertiary/aromatic N) is 4. The van der Waals surface area contributed by atoms with Crippen LogP contribution in [0.5, 0.6) is 11.5 Å². The van der Waals surface area contributed by atoms with Crippen LogP contribution in [0.1, 0.15) is 25.0 Å². The number of ether oxygens (including phenoxy) is 2. The minimum atomic E-state index is -0.423. The number of hydrogen-bond acceptors (Lipinski definition) is 9. The van der Waals surface area contributed by atoms with Crippen molar-refractivity contribution in [2.45, 2.75) is 31.7 Å². The Balaban J connectivity index is 1.22. The number of hydrogen-bond donors (Lipinski definition) is 4. The minimum Gasteiger partial charge on any atom is -0.493 e. The molecule has 5 rings (SSSR count). The Labute approximate surface area is 230 Å². The minimum absolute atomic E-state index is 0.0304. The average molecular weight is 550 g/mol. The van der Waals surface area contributed by atoms with Gasteiger partial charge >= 0.3 is 0 Å². The van der Waals surface area contributed by atoms with Gasteiger partial charge in [-0.2, -0.15) is 5.10 Å². The van der Waals surface area contributed by atoms with E-state index in [0.29, 0.717) is 52.0 Å². The van der Waals surface area contributed by atoms with Crippen molar-refractivity contribution in [3.63, 3.8) is 0 Å². The van der Waals surface area contributed by atoms with E-state index in [1.165, 1.54) is 24.5 Å². The van der Waals surface area contributed by atoms with Gasteiger partial charge in [-0.3, -0.25) is 14.8 Å². The molecule has 1 saturated heterocycles. The van der Waals surface area contributed by atoms with Crippen molar-refractivity contribution in [3.8, 4) is 11.5 Å². The normalized spacial score (nSPS) is 15.3. The molecule has 2 aromatic carbocycles. The van der Waals surface area contributed by atoms with Crippen molar-refractivity contribution in [1.29, 1.82) is 0 Å². The van der Waals surface area contributed by atoms with Crippen LogP contribution in [0.3, 0.4) is 0 Å². The Morgan fingerprint density at radius 1 is 1.23 bits per heavy atom. The number of carbonyl (C=O) groups is 1. The van der Waals surface area contributed by atoms with Gasteiger partial charge in [-0.1, -0.05) is 6.07 Å². The molecule has 1 amide bonds. The lowest BCUT2D eigenvalue weighted by molar-refractivity contribution is -0.115. The van der Waals surface area contributed by atoms with Crippen molar-refractivity contribution in [3.05, 3.63) is 60.3 Å². The maximum atomic E-state index is 13.4. The Morgan fingerprint density at radius 2 is 2.12 bits per heavy atom. The first-order valence-electron chi connectivity index (χ1n) is 13.2. The van der Waals surface area contributed by atoms with Crippen LogP contribution < -0.4 is 20.1 Å². The monoisotopic (exact) mass is 549 g/mol. The summed E-state index contributed by atoms with van der Waals surface area (Å²) in [7, 11) is 1.58. The predicted octanol–water partition coefficient (Wildman–Crippen LogP) is 3.65. The molecular weight excluding hydrogens is 517 g/mol. The summed E-state index contributed by atoms with van der Waals surface area (Å²) in [5, 5.41) is 23.1. The Morgan fingerprint density at radius 3 is 2.95 bits per heavy atom. The van der Waals surface area contributed by atoms with Crippen molar-refractivity contribution in [2.75, 3.05) is 44.0 Å². The van der Waals surface area contributed by atoms with E-state index >= 15 is 0 Å². The zero-order valence-electron chi connectivity index (χ0n) is 22.2. The summed E-state index contributed by atoms with van der Waals surface area (Å²) >= 11 is 0. The van der Waals surface area contributed by atoms with Crippen LogP contribution in [0.15, 0.2) is 48.8 Å². The first-order chi connectivity index (χ1) is 19.5. The molecule has 0 radical (unpaired) electrons. The molecule has 11 nitrogen and oxygen atoms in total. The van der Waals surface area contributed by atoms with Gasteiger partial charge in [0.2, 0.25) is 5.91 Å². The van der Waals surface area contributed by atoms with E-state index in [9.17, 15) is 14.3 Å². The fourth-order valence-electron chi connectivity index (χ4n) is 4.86. The van der Waals surface area contributed by atoms with Gasteiger partial charge in [-0.15, -0.1) is 0 Å². The van der Waals surface area contributed by atoms with Gasteiger partial charge in [0, 0.05) is 41.5 Å². The smallest absolute Gasteiger partial charge is 0.230 e. The number of aromatic amines is 1. The highest BCUT2D eigenvalue weighted by molar-refractivity contribution is 5.93. The number of benzene rings is 2. The quantitative estimate of drug-likeness (QED) is 0.195. The molecule has 0 unspecified atom stereocenters. The molecule has 3 heterocycles. The number of H-pyrrole nitrogens is 1. The van der Waals surface area contributed by atoms with Gasteiger partial charge in [0.25, 0.3) is 0 Å². The van der Waals surface area contributed by atoms with Crippen molar-refractivity contribution < 1.29 is 23.8 Å². The maximum Gasteiger partial charge on any atom is 0.230 e. The second-order valence-electron chi connectivity index (χ2n) is 9.60. The number of nitrogens with one attached hydrogen (secondary N) is 3. The first kappa shape index (κ1) is 27.3. The van der Waals surface area contributed by atoms with Crippen LogP contribution in [0, 0.1) is 5.82 Å². The van der Waals surface area contributed by atoms with E-state index in [1.54, 1.807) is 19.2 Å². The summed E-state index contributed by atoms with van der Waals surface area (Å²) in [6, 6.07) is 11.3. The van der Waals surface area contributed by atoms with Gasteiger partial charge in [-0.25, -0.2) is 14.4 Å². The number of amides is 1. The van der Waals surface area contributed by atoms with E-state index < -0.39 is 5.82 Å². The summed E-state index contributed by atoms with van der Waals surface area (Å²) in [6.07, 6.45) is 4.46. The SMILES string of the molecule is COc1cc2c(Nc3cc(CC(=O)Nc4cccc(F)c4)[nH]n3)ncnc2cc1OCCCN1CCC[C@H]1CO. The van der Waals surface area contributed by atoms with Gasteiger partial charge in [0.15, 0.2) is 17.3 Å². The van der Waals surface area contributed by atoms with Gasteiger partial charge in [0.05, 0.1) is 32.3 Å². The molecule has 12 heteroatoms. The molecule has 40 heavy (non-hydrogen) atoms. The lowest BCUT2D eigenvalue weighted by Gasteiger charge is -2.22. The van der Waals surface area contributed by atoms with Crippen molar-refractivity contribution >= 4 is 34.1 Å². The number of carbonyl (C=O) groups excluding carboxylic acids is 1. The molecule has 0 aliphatic carbocycles. The van der Waals surface area contributed by atoms with Crippen LogP contribution in [-0.4, -0.2) is 75.5 Å². The molecule has 1 fully saturated rings. The van der Waals surface area contributed by atoms with E-state index in [0.717, 1.165) is 32.4 Å². The van der Waals surface area contributed by atoms with E-state index in [2.05, 4.69) is 35.7 Å². The molecule has 4 aromatic rings. The van der Waals surface area contributed by atoms with Gasteiger partial charge in [0.1, 0.15) is 18.0 Å². The number of anilines is 3. The standard InChI is InChI=1S/C28H32FN7O4/c1-39-24-14-22-23(15-25(24)40-10-4-9-36-8-3-7-21(36)16-37)30-17-31-28(22)33-26-12-20(34-35-26)13-27(38)32-19-6-2-5-18(29)11-19/h2,5-6,11-12,14-15,17,21,37H,3-4,7-10,13,16H2,1H3,(H,32,38)(H2,30,31,33,34,35)/t21-/m0/s1. The molecule has 1 aliphatic rings. The molecular formula is C28H32FN7O4. The van der Waals surface area contributed by atoms with Crippen LogP contribution in [-0.2, 0) is 11.2 Å². The van der Waals surface area contributed by atoms with E-state index in [1.807, 2.05) is 12.1 Å². The second-order valence-corrected chi connectivity index (χ2v) is 9.60. The van der Waals surface area contributed by atoms with Crippen LogP contribution in [0.4, 0.5) is 21.7 Å². The van der Waals surface area contributed by atoms with Crippen molar-refractivity contribution in [2.24, 2.45) is 0 Å². The molecule has 0 bridgehead atoms. The fourth-order valence-corrected chi connectivity index (χ4v) is 4.86. The topological polar surface area (TPSA) is 138 Å². The second kappa shape index (κ2) is 12.7. The van der Waals surface area contributed by atoms with Crippen LogP contribution in [0.2, 0.25) is 0 Å². The highest BCUT2D eigenvalue weighted by Crippen LogP contribution is 2.34. The van der Waals surface area contributed by atoms with Crippen LogP contribution in [0.25, 0.3) is 10.9 Å². The third kappa shape index (κ3) is 6.64. The number of aliphatic hydroxyl groups is 1. The predicted molar refractivity (Wildman–Crippen MR) is 148 cm³/mol. The molecule has 2 aromatic heterocycles. The summed E-state index contributed by atoms with van der Waals surface area (Å²) in [5.74, 6) is 1.40. The van der Waals surface area contributed by atoms with E-state index in [4.69, 9.17) is 9.47 Å². The summed E-state index contributed by atoms with van der Waals surface area (Å²) < 4.78 is 25.0. The highest BCUT2D eigenvalue weighted by atomic mass is 19.1. The number of halogens is 1. The Bertz CT molecular complexity index is 1460.